The largest absolute Gasteiger partial charge is 0.497 e. The first-order chi connectivity index (χ1) is 11.7. The van der Waals surface area contributed by atoms with E-state index in [0.29, 0.717) is 5.13 Å². The van der Waals surface area contributed by atoms with Gasteiger partial charge in [-0.05, 0) is 24.3 Å². The summed E-state index contributed by atoms with van der Waals surface area (Å²) in [6.45, 7) is 5.65. The Balaban J connectivity index is 1.88. The fourth-order valence-corrected chi connectivity index (χ4v) is 3.67. The first-order valence-electron chi connectivity index (χ1n) is 7.87. The van der Waals surface area contributed by atoms with E-state index in [0.717, 1.165) is 54.7 Å². The maximum absolute atomic E-state index is 11.4. The summed E-state index contributed by atoms with van der Waals surface area (Å²) < 4.78 is 10.6. The van der Waals surface area contributed by atoms with Gasteiger partial charge in [-0.15, -0.1) is 0 Å². The first-order valence-corrected chi connectivity index (χ1v) is 8.69. The molecule has 2 heterocycles. The van der Waals surface area contributed by atoms with Crippen LogP contribution in [0.15, 0.2) is 24.3 Å². The number of carbonyl (C=O) groups is 1. The predicted molar refractivity (Wildman–Crippen MR) is 94.5 cm³/mol. The summed E-state index contributed by atoms with van der Waals surface area (Å²) in [5.41, 5.74) is 1.94. The number of amides is 1. The molecule has 1 aliphatic heterocycles. The molecular weight excluding hydrogens is 326 g/mol. The van der Waals surface area contributed by atoms with Crippen LogP contribution >= 0.6 is 11.3 Å². The van der Waals surface area contributed by atoms with Gasteiger partial charge in [-0.1, -0.05) is 11.3 Å². The molecule has 0 aliphatic carbocycles. The van der Waals surface area contributed by atoms with Gasteiger partial charge in [-0.3, -0.25) is 9.69 Å². The minimum atomic E-state index is -0.108. The Hall–Kier alpha value is -1.96. The molecule has 1 aliphatic rings. The van der Waals surface area contributed by atoms with Gasteiger partial charge in [0.25, 0.3) is 0 Å². The van der Waals surface area contributed by atoms with Crippen LogP contribution in [0.1, 0.15) is 11.8 Å². The average molecular weight is 347 g/mol. The molecule has 3 rings (SSSR count). The summed E-state index contributed by atoms with van der Waals surface area (Å²) in [5.74, 6) is 0.703. The van der Waals surface area contributed by atoms with Crippen LogP contribution < -0.4 is 10.1 Å². The van der Waals surface area contributed by atoms with E-state index in [1.807, 2.05) is 24.3 Å². The van der Waals surface area contributed by atoms with E-state index in [1.54, 1.807) is 7.11 Å². The van der Waals surface area contributed by atoms with Gasteiger partial charge in [0, 0.05) is 37.0 Å². The second-order valence-corrected chi connectivity index (χ2v) is 6.67. The van der Waals surface area contributed by atoms with Crippen molar-refractivity contribution in [1.29, 1.82) is 0 Å². The molecule has 128 valence electrons. The number of nitrogens with one attached hydrogen (secondary N) is 1. The second kappa shape index (κ2) is 7.74. The third-order valence-corrected chi connectivity index (χ3v) is 4.77. The highest BCUT2D eigenvalue weighted by Gasteiger charge is 2.18. The van der Waals surface area contributed by atoms with Crippen molar-refractivity contribution in [2.45, 2.75) is 13.5 Å². The lowest BCUT2D eigenvalue weighted by Crippen LogP contribution is -2.35. The molecular formula is C17H21N3O3S. The molecule has 1 saturated heterocycles. The summed E-state index contributed by atoms with van der Waals surface area (Å²) >= 11 is 1.53. The Labute approximate surface area is 145 Å². The minimum absolute atomic E-state index is 0.108. The molecule has 6 nitrogen and oxygen atoms in total. The van der Waals surface area contributed by atoms with Gasteiger partial charge in [-0.2, -0.15) is 0 Å². The minimum Gasteiger partial charge on any atom is -0.497 e. The molecule has 0 saturated carbocycles. The van der Waals surface area contributed by atoms with Gasteiger partial charge in [-0.25, -0.2) is 4.98 Å². The van der Waals surface area contributed by atoms with Gasteiger partial charge in [0.2, 0.25) is 5.91 Å². The molecule has 1 aromatic heterocycles. The van der Waals surface area contributed by atoms with Crippen molar-refractivity contribution < 1.29 is 14.3 Å². The number of ether oxygens (including phenoxy) is 2. The van der Waals surface area contributed by atoms with Gasteiger partial charge in [0.05, 0.1) is 26.0 Å². The Kier molecular flexibility index (Phi) is 5.44. The number of morpholine rings is 1. The molecule has 0 bridgehead atoms. The fourth-order valence-electron chi connectivity index (χ4n) is 2.60. The van der Waals surface area contributed by atoms with Crippen LogP contribution in [0.4, 0.5) is 5.13 Å². The molecule has 2 aromatic rings. The van der Waals surface area contributed by atoms with Gasteiger partial charge >= 0.3 is 0 Å². The molecule has 0 spiro atoms. The number of hydrogen-bond donors (Lipinski definition) is 1. The molecule has 7 heteroatoms. The highest BCUT2D eigenvalue weighted by atomic mass is 32.1. The molecule has 0 unspecified atom stereocenters. The maximum atomic E-state index is 11.4. The van der Waals surface area contributed by atoms with Crippen LogP contribution in [0.2, 0.25) is 0 Å². The number of benzene rings is 1. The number of nitrogens with zero attached hydrogens (tertiary/aromatic N) is 2. The number of methoxy groups -OCH3 is 1. The van der Waals surface area contributed by atoms with Crippen molar-refractivity contribution >= 4 is 22.4 Å². The molecule has 0 radical (unpaired) electrons. The summed E-state index contributed by atoms with van der Waals surface area (Å²) in [6.07, 6.45) is 0. The quantitative estimate of drug-likeness (QED) is 0.901. The van der Waals surface area contributed by atoms with Crippen molar-refractivity contribution in [2.75, 3.05) is 38.7 Å². The predicted octanol–water partition coefficient (Wildman–Crippen LogP) is 2.61. The normalized spacial score (nSPS) is 15.2. The Bertz CT molecular complexity index is 694. The van der Waals surface area contributed by atoms with Crippen molar-refractivity contribution in [2.24, 2.45) is 0 Å². The molecule has 0 atom stereocenters. The van der Waals surface area contributed by atoms with Gasteiger partial charge in [0.15, 0.2) is 5.13 Å². The van der Waals surface area contributed by atoms with Crippen LogP contribution in [-0.2, 0) is 16.1 Å². The van der Waals surface area contributed by atoms with Crippen molar-refractivity contribution in [3.05, 3.63) is 29.1 Å². The Morgan fingerprint density at radius 1 is 1.33 bits per heavy atom. The summed E-state index contributed by atoms with van der Waals surface area (Å²) in [6, 6.07) is 7.83. The fraction of sp³-hybridized carbons (Fsp3) is 0.412. The van der Waals surface area contributed by atoms with E-state index >= 15 is 0 Å². The smallest absolute Gasteiger partial charge is 0.223 e. The third-order valence-electron chi connectivity index (χ3n) is 3.81. The highest BCUT2D eigenvalue weighted by Crippen LogP contribution is 2.33. The Morgan fingerprint density at radius 2 is 2.04 bits per heavy atom. The van der Waals surface area contributed by atoms with Gasteiger partial charge < -0.3 is 14.8 Å². The summed E-state index contributed by atoms with van der Waals surface area (Å²) in [4.78, 5) is 19.5. The number of hydrogen-bond acceptors (Lipinski definition) is 6. The number of anilines is 1. The molecule has 1 fully saturated rings. The van der Waals surface area contributed by atoms with Crippen LogP contribution in [0.5, 0.6) is 5.75 Å². The van der Waals surface area contributed by atoms with E-state index < -0.39 is 0 Å². The molecule has 1 amide bonds. The van der Waals surface area contributed by atoms with Crippen molar-refractivity contribution in [3.63, 3.8) is 0 Å². The van der Waals surface area contributed by atoms with Crippen LogP contribution in [0, 0.1) is 0 Å². The van der Waals surface area contributed by atoms with E-state index in [9.17, 15) is 4.79 Å². The Morgan fingerprint density at radius 3 is 2.67 bits per heavy atom. The average Bonchev–Trinajstić information content (AvgIpc) is 2.97. The first kappa shape index (κ1) is 16.9. The molecule has 1 aromatic carbocycles. The summed E-state index contributed by atoms with van der Waals surface area (Å²) in [7, 11) is 1.65. The topological polar surface area (TPSA) is 63.7 Å². The number of rotatable bonds is 5. The number of thiazole rings is 1. The monoisotopic (exact) mass is 347 g/mol. The van der Waals surface area contributed by atoms with Crippen LogP contribution in [-0.4, -0.2) is 49.2 Å². The number of aromatic nitrogens is 1. The lowest BCUT2D eigenvalue weighted by molar-refractivity contribution is -0.114. The number of carbonyl (C=O) groups excluding carboxylic acids is 1. The van der Waals surface area contributed by atoms with E-state index in [4.69, 9.17) is 9.47 Å². The molecule has 24 heavy (non-hydrogen) atoms. The van der Waals surface area contributed by atoms with Crippen LogP contribution in [0.3, 0.4) is 0 Å². The SMILES string of the molecule is COc1ccc(-c2nc(NC(C)=O)sc2CN2CCOCC2)cc1. The van der Waals surface area contributed by atoms with E-state index in [-0.39, 0.29) is 5.91 Å². The van der Waals surface area contributed by atoms with E-state index in [2.05, 4.69) is 15.2 Å². The maximum Gasteiger partial charge on any atom is 0.223 e. The lowest BCUT2D eigenvalue weighted by atomic mass is 10.1. The zero-order valence-corrected chi connectivity index (χ0v) is 14.7. The van der Waals surface area contributed by atoms with Gasteiger partial charge in [0.1, 0.15) is 5.75 Å². The third kappa shape index (κ3) is 4.11. The van der Waals surface area contributed by atoms with E-state index in [1.165, 1.54) is 18.3 Å². The van der Waals surface area contributed by atoms with Crippen molar-refractivity contribution in [3.8, 4) is 17.0 Å². The highest BCUT2D eigenvalue weighted by molar-refractivity contribution is 7.16. The zero-order chi connectivity index (χ0) is 16.9. The zero-order valence-electron chi connectivity index (χ0n) is 13.9. The second-order valence-electron chi connectivity index (χ2n) is 5.59. The standard InChI is InChI=1S/C17H21N3O3S/c1-12(21)18-17-19-16(13-3-5-14(22-2)6-4-13)15(24-17)11-20-7-9-23-10-8-20/h3-6H,7-11H2,1-2H3,(H,18,19,21). The van der Waals surface area contributed by atoms with Crippen LogP contribution in [0.25, 0.3) is 11.3 Å². The summed E-state index contributed by atoms with van der Waals surface area (Å²) in [5, 5.41) is 3.43. The van der Waals surface area contributed by atoms with Crippen molar-refractivity contribution in [1.82, 2.24) is 9.88 Å². The molecule has 1 N–H and O–H groups in total. The lowest BCUT2D eigenvalue weighted by Gasteiger charge is -2.26.